The zero-order valence-corrected chi connectivity index (χ0v) is 16.3. The van der Waals surface area contributed by atoms with Crippen LogP contribution in [0.4, 0.5) is 0 Å². The predicted octanol–water partition coefficient (Wildman–Crippen LogP) is 1.11. The molecule has 0 saturated carbocycles. The molecule has 0 aliphatic carbocycles. The highest BCUT2D eigenvalue weighted by molar-refractivity contribution is 5.92. The molecule has 2 amide bonds. The number of rotatable bonds is 12. The molecule has 0 aliphatic heterocycles. The zero-order chi connectivity index (χ0) is 20.2. The molecule has 1 heterocycles. The van der Waals surface area contributed by atoms with E-state index in [1.165, 1.54) is 10.9 Å². The normalized spacial score (nSPS) is 10.8. The number of hydrogen-bond donors (Lipinski definition) is 2. The first-order valence-electron chi connectivity index (χ1n) is 9.34. The summed E-state index contributed by atoms with van der Waals surface area (Å²) >= 11 is 0. The van der Waals surface area contributed by atoms with Crippen molar-refractivity contribution in [2.24, 2.45) is 0 Å². The van der Waals surface area contributed by atoms with Gasteiger partial charge in [0, 0.05) is 32.7 Å². The second-order valence-electron chi connectivity index (χ2n) is 5.93. The van der Waals surface area contributed by atoms with Crippen molar-refractivity contribution in [1.29, 1.82) is 0 Å². The smallest absolute Gasteiger partial charge is 0.273 e. The Balaban J connectivity index is 1.71. The molecule has 0 atom stereocenters. The molecular formula is C19H27N5O4. The van der Waals surface area contributed by atoms with Gasteiger partial charge in [0.1, 0.15) is 0 Å². The van der Waals surface area contributed by atoms with Gasteiger partial charge in [-0.25, -0.2) is 4.68 Å². The van der Waals surface area contributed by atoms with Crippen molar-refractivity contribution >= 4 is 11.8 Å². The number of hydrogen-bond acceptors (Lipinski definition) is 6. The maximum Gasteiger partial charge on any atom is 0.273 e. The molecule has 9 heteroatoms. The van der Waals surface area contributed by atoms with Crippen LogP contribution < -0.4 is 10.6 Å². The Morgan fingerprint density at radius 1 is 1.11 bits per heavy atom. The lowest BCUT2D eigenvalue weighted by atomic mass is 10.2. The third-order valence-corrected chi connectivity index (χ3v) is 3.78. The number of carbonyl (C=O) groups is 2. The maximum absolute atomic E-state index is 12.1. The van der Waals surface area contributed by atoms with Crippen LogP contribution in [-0.4, -0.2) is 52.9 Å². The van der Waals surface area contributed by atoms with Gasteiger partial charge in [-0.2, -0.15) is 0 Å². The summed E-state index contributed by atoms with van der Waals surface area (Å²) in [6.07, 6.45) is 1.26. The summed E-state index contributed by atoms with van der Waals surface area (Å²) in [4.78, 5) is 24.0. The highest BCUT2D eigenvalue weighted by Crippen LogP contribution is 2.01. The topological polar surface area (TPSA) is 107 Å². The number of nitrogens with zero attached hydrogens (tertiary/aromatic N) is 3. The van der Waals surface area contributed by atoms with Gasteiger partial charge < -0.3 is 20.1 Å². The van der Waals surface area contributed by atoms with E-state index < -0.39 is 6.29 Å². The summed E-state index contributed by atoms with van der Waals surface area (Å²) < 4.78 is 12.4. The van der Waals surface area contributed by atoms with Crippen LogP contribution in [0.25, 0.3) is 0 Å². The second-order valence-corrected chi connectivity index (χ2v) is 5.93. The molecule has 0 saturated heterocycles. The van der Waals surface area contributed by atoms with Crippen LogP contribution in [0.1, 0.15) is 36.3 Å². The van der Waals surface area contributed by atoms with Crippen molar-refractivity contribution in [3.63, 3.8) is 0 Å². The summed E-state index contributed by atoms with van der Waals surface area (Å²) in [6.45, 7) is 5.79. The molecule has 0 bridgehead atoms. The van der Waals surface area contributed by atoms with Crippen molar-refractivity contribution in [1.82, 2.24) is 25.6 Å². The number of carbonyl (C=O) groups excluding carboxylic acids is 2. The third-order valence-electron chi connectivity index (χ3n) is 3.78. The van der Waals surface area contributed by atoms with Crippen LogP contribution in [0.15, 0.2) is 36.5 Å². The molecule has 0 fully saturated rings. The number of ether oxygens (including phenoxy) is 2. The fraction of sp³-hybridized carbons (Fsp3) is 0.474. The van der Waals surface area contributed by atoms with E-state index in [0.717, 1.165) is 5.56 Å². The predicted molar refractivity (Wildman–Crippen MR) is 102 cm³/mol. The quantitative estimate of drug-likeness (QED) is 0.527. The van der Waals surface area contributed by atoms with Crippen molar-refractivity contribution in [2.45, 2.75) is 39.6 Å². The first-order chi connectivity index (χ1) is 13.6. The average molecular weight is 389 g/mol. The van der Waals surface area contributed by atoms with Gasteiger partial charge in [-0.3, -0.25) is 9.59 Å². The monoisotopic (exact) mass is 389 g/mol. The van der Waals surface area contributed by atoms with Crippen molar-refractivity contribution in [3.8, 4) is 0 Å². The molecule has 0 unspecified atom stereocenters. The van der Waals surface area contributed by atoms with Crippen LogP contribution in [0.3, 0.4) is 0 Å². The Labute approximate surface area is 164 Å². The van der Waals surface area contributed by atoms with Gasteiger partial charge in [-0.1, -0.05) is 35.5 Å². The molecule has 2 aromatic rings. The third kappa shape index (κ3) is 7.45. The van der Waals surface area contributed by atoms with Crippen LogP contribution >= 0.6 is 0 Å². The first-order valence-corrected chi connectivity index (χ1v) is 9.34. The van der Waals surface area contributed by atoms with Gasteiger partial charge in [0.05, 0.1) is 12.7 Å². The molecular weight excluding hydrogens is 362 g/mol. The average Bonchev–Trinajstić information content (AvgIpc) is 3.16. The second kappa shape index (κ2) is 11.8. The lowest BCUT2D eigenvalue weighted by Crippen LogP contribution is -2.30. The Kier molecular flexibility index (Phi) is 9.09. The molecule has 0 radical (unpaired) electrons. The highest BCUT2D eigenvalue weighted by Gasteiger charge is 2.14. The number of benzene rings is 1. The minimum Gasteiger partial charge on any atom is -0.352 e. The highest BCUT2D eigenvalue weighted by atomic mass is 16.7. The van der Waals surface area contributed by atoms with E-state index in [0.29, 0.717) is 26.3 Å². The summed E-state index contributed by atoms with van der Waals surface area (Å²) in [5, 5.41) is 13.2. The fourth-order valence-electron chi connectivity index (χ4n) is 2.43. The van der Waals surface area contributed by atoms with Crippen LogP contribution in [0.5, 0.6) is 0 Å². The maximum atomic E-state index is 12.1. The minimum absolute atomic E-state index is 0.135. The summed E-state index contributed by atoms with van der Waals surface area (Å²) in [6, 6.07) is 9.63. The summed E-state index contributed by atoms with van der Waals surface area (Å²) in [7, 11) is 0. The van der Waals surface area contributed by atoms with Crippen molar-refractivity contribution in [2.75, 3.05) is 19.8 Å². The van der Waals surface area contributed by atoms with E-state index >= 15 is 0 Å². The molecule has 9 nitrogen and oxygen atoms in total. The van der Waals surface area contributed by atoms with Crippen molar-refractivity contribution < 1.29 is 19.1 Å². The van der Waals surface area contributed by atoms with Crippen LogP contribution in [0, 0.1) is 0 Å². The van der Waals surface area contributed by atoms with Gasteiger partial charge in [0.2, 0.25) is 5.91 Å². The first kappa shape index (κ1) is 21.5. The SMILES string of the molecule is CCOC(Cn1cc(C(=O)NCCC(=O)NCc2ccccc2)nn1)OCC. The van der Waals surface area contributed by atoms with Crippen molar-refractivity contribution in [3.05, 3.63) is 47.8 Å². The molecule has 1 aromatic carbocycles. The molecule has 0 spiro atoms. The summed E-state index contributed by atoms with van der Waals surface area (Å²) in [5.41, 5.74) is 1.20. The molecule has 2 rings (SSSR count). The zero-order valence-electron chi connectivity index (χ0n) is 16.3. The standard InChI is InChI=1S/C19H27N5O4/c1-3-27-18(28-4-2)14-24-13-16(22-23-24)19(26)20-11-10-17(25)21-12-15-8-6-5-7-9-15/h5-9,13,18H,3-4,10-12,14H2,1-2H3,(H,20,26)(H,21,25). The van der Waals surface area contributed by atoms with Gasteiger partial charge >= 0.3 is 0 Å². The minimum atomic E-state index is -0.444. The van der Waals surface area contributed by atoms with Gasteiger partial charge in [-0.05, 0) is 19.4 Å². The van der Waals surface area contributed by atoms with Crippen LogP contribution in [0.2, 0.25) is 0 Å². The Morgan fingerprint density at radius 3 is 2.50 bits per heavy atom. The molecule has 28 heavy (non-hydrogen) atoms. The van der Waals surface area contributed by atoms with E-state index in [-0.39, 0.29) is 30.5 Å². The largest absolute Gasteiger partial charge is 0.352 e. The number of amides is 2. The molecule has 152 valence electrons. The lowest BCUT2D eigenvalue weighted by molar-refractivity contribution is -0.145. The lowest BCUT2D eigenvalue weighted by Gasteiger charge is -2.16. The number of aromatic nitrogens is 3. The van der Waals surface area contributed by atoms with Gasteiger partial charge in [0.25, 0.3) is 5.91 Å². The van der Waals surface area contributed by atoms with Crippen LogP contribution in [-0.2, 0) is 27.4 Å². The molecule has 1 aromatic heterocycles. The van der Waals surface area contributed by atoms with Gasteiger partial charge in [0.15, 0.2) is 12.0 Å². The van der Waals surface area contributed by atoms with Gasteiger partial charge in [-0.15, -0.1) is 5.10 Å². The van der Waals surface area contributed by atoms with E-state index in [1.807, 2.05) is 44.2 Å². The Bertz CT molecular complexity index is 729. The molecule has 2 N–H and O–H groups in total. The fourth-order valence-corrected chi connectivity index (χ4v) is 2.43. The number of nitrogens with one attached hydrogen (secondary N) is 2. The summed E-state index contributed by atoms with van der Waals surface area (Å²) in [5.74, 6) is -0.518. The Morgan fingerprint density at radius 2 is 1.82 bits per heavy atom. The van der Waals surface area contributed by atoms with E-state index in [2.05, 4.69) is 20.9 Å². The Hall–Kier alpha value is -2.78. The molecule has 0 aliphatic rings. The van der Waals surface area contributed by atoms with E-state index in [1.54, 1.807) is 0 Å². The van der Waals surface area contributed by atoms with E-state index in [9.17, 15) is 9.59 Å². The van der Waals surface area contributed by atoms with E-state index in [4.69, 9.17) is 9.47 Å².